The molecule has 0 radical (unpaired) electrons. The largest absolute Gasteiger partial charge is 0.497 e. The number of hydrogen-bond donors (Lipinski definition) is 1. The normalized spacial score (nSPS) is 22.1. The Morgan fingerprint density at radius 3 is 2.53 bits per heavy atom. The number of amides is 1. The van der Waals surface area contributed by atoms with Crippen LogP contribution in [0, 0.1) is 5.92 Å². The van der Waals surface area contributed by atoms with E-state index in [1.54, 1.807) is 7.11 Å². The first kappa shape index (κ1) is 22.9. The Balaban J connectivity index is 1.35. The number of benzene rings is 1. The summed E-state index contributed by atoms with van der Waals surface area (Å²) >= 11 is 0. The van der Waals surface area contributed by atoms with E-state index in [0.717, 1.165) is 57.3 Å². The zero-order chi connectivity index (χ0) is 22.4. The third kappa shape index (κ3) is 5.03. The van der Waals surface area contributed by atoms with Gasteiger partial charge < -0.3 is 24.6 Å². The minimum absolute atomic E-state index is 0.120. The highest BCUT2D eigenvalue weighted by Gasteiger charge is 2.37. The molecule has 2 aliphatic heterocycles. The number of guanidine groups is 1. The summed E-state index contributed by atoms with van der Waals surface area (Å²) in [7, 11) is 3.59. The fraction of sp³-hybridized carbons (Fsp3) is 0.680. The number of piperidine rings is 1. The topological polar surface area (TPSA) is 66.4 Å². The number of nitrogens with zero attached hydrogens (tertiary/aromatic N) is 3. The van der Waals surface area contributed by atoms with Gasteiger partial charge in [0.05, 0.1) is 20.3 Å². The summed E-state index contributed by atoms with van der Waals surface area (Å²) in [6.07, 6.45) is 6.65. The van der Waals surface area contributed by atoms with Crippen molar-refractivity contribution in [1.29, 1.82) is 0 Å². The molecular formula is C25H38N4O3. The summed E-state index contributed by atoms with van der Waals surface area (Å²) in [5.74, 6) is 2.31. The monoisotopic (exact) mass is 442 g/mol. The Labute approximate surface area is 192 Å². The van der Waals surface area contributed by atoms with Gasteiger partial charge in [0.15, 0.2) is 5.96 Å². The predicted molar refractivity (Wildman–Crippen MR) is 126 cm³/mol. The first-order valence-electron chi connectivity index (χ1n) is 12.1. The highest BCUT2D eigenvalue weighted by molar-refractivity contribution is 5.82. The molecular weight excluding hydrogens is 404 g/mol. The van der Waals surface area contributed by atoms with Crippen molar-refractivity contribution in [3.63, 3.8) is 0 Å². The van der Waals surface area contributed by atoms with Gasteiger partial charge in [-0.15, -0.1) is 0 Å². The number of carbonyl (C=O) groups is 1. The number of likely N-dealkylation sites (tertiary alicyclic amines) is 1. The molecule has 1 saturated carbocycles. The third-order valence-corrected chi connectivity index (χ3v) is 7.51. The second kappa shape index (κ2) is 10.6. The number of rotatable bonds is 5. The third-order valence-electron chi connectivity index (χ3n) is 7.51. The van der Waals surface area contributed by atoms with Gasteiger partial charge in [-0.05, 0) is 43.4 Å². The van der Waals surface area contributed by atoms with Crippen LogP contribution in [0.1, 0.15) is 44.1 Å². The quantitative estimate of drug-likeness (QED) is 0.561. The maximum Gasteiger partial charge on any atom is 0.225 e. The lowest BCUT2D eigenvalue weighted by atomic mass is 9.78. The summed E-state index contributed by atoms with van der Waals surface area (Å²) in [5, 5.41) is 3.69. The molecule has 0 spiro atoms. The lowest BCUT2D eigenvalue weighted by Gasteiger charge is -2.38. The molecule has 3 fully saturated rings. The van der Waals surface area contributed by atoms with E-state index in [1.807, 2.05) is 18.0 Å². The molecule has 0 bridgehead atoms. The van der Waals surface area contributed by atoms with E-state index in [9.17, 15) is 4.79 Å². The Bertz CT molecular complexity index is 792. The average Bonchev–Trinajstić information content (AvgIpc) is 3.35. The summed E-state index contributed by atoms with van der Waals surface area (Å²) < 4.78 is 10.9. The molecule has 176 valence electrons. The van der Waals surface area contributed by atoms with E-state index in [1.165, 1.54) is 31.2 Å². The molecule has 3 aliphatic rings. The van der Waals surface area contributed by atoms with E-state index in [2.05, 4.69) is 33.4 Å². The van der Waals surface area contributed by atoms with Gasteiger partial charge in [-0.25, -0.2) is 0 Å². The molecule has 1 aliphatic carbocycles. The van der Waals surface area contributed by atoms with Crippen LogP contribution in [0.5, 0.6) is 5.75 Å². The van der Waals surface area contributed by atoms with Crippen molar-refractivity contribution in [2.45, 2.75) is 43.9 Å². The maximum atomic E-state index is 12.8. The summed E-state index contributed by atoms with van der Waals surface area (Å²) in [6.45, 7) is 5.40. The fourth-order valence-corrected chi connectivity index (χ4v) is 5.53. The molecule has 2 heterocycles. The van der Waals surface area contributed by atoms with Crippen molar-refractivity contribution in [2.75, 3.05) is 60.1 Å². The van der Waals surface area contributed by atoms with Crippen LogP contribution in [-0.2, 0) is 14.9 Å². The maximum absolute atomic E-state index is 12.8. The molecule has 32 heavy (non-hydrogen) atoms. The van der Waals surface area contributed by atoms with E-state index in [0.29, 0.717) is 19.1 Å². The van der Waals surface area contributed by atoms with E-state index < -0.39 is 0 Å². The number of ether oxygens (including phenoxy) is 2. The van der Waals surface area contributed by atoms with Crippen LogP contribution in [-0.4, -0.2) is 81.8 Å². The van der Waals surface area contributed by atoms with Gasteiger partial charge in [0.1, 0.15) is 5.75 Å². The van der Waals surface area contributed by atoms with Crippen molar-refractivity contribution in [2.24, 2.45) is 10.9 Å². The second-order valence-corrected chi connectivity index (χ2v) is 9.32. The van der Waals surface area contributed by atoms with Gasteiger partial charge in [-0.1, -0.05) is 25.0 Å². The van der Waals surface area contributed by atoms with Crippen LogP contribution in [0.15, 0.2) is 29.3 Å². The van der Waals surface area contributed by atoms with Crippen LogP contribution >= 0.6 is 0 Å². The van der Waals surface area contributed by atoms with Gasteiger partial charge in [-0.2, -0.15) is 0 Å². The number of carbonyl (C=O) groups excluding carboxylic acids is 1. The van der Waals surface area contributed by atoms with Crippen LogP contribution < -0.4 is 10.1 Å². The fourth-order valence-electron chi connectivity index (χ4n) is 5.53. The van der Waals surface area contributed by atoms with Crippen molar-refractivity contribution in [3.8, 4) is 5.75 Å². The van der Waals surface area contributed by atoms with Gasteiger partial charge in [0, 0.05) is 51.1 Å². The van der Waals surface area contributed by atoms with E-state index >= 15 is 0 Å². The van der Waals surface area contributed by atoms with Crippen molar-refractivity contribution >= 4 is 11.9 Å². The van der Waals surface area contributed by atoms with Crippen LogP contribution in [0.25, 0.3) is 0 Å². The van der Waals surface area contributed by atoms with Gasteiger partial charge in [-0.3, -0.25) is 9.79 Å². The molecule has 7 nitrogen and oxygen atoms in total. The van der Waals surface area contributed by atoms with Gasteiger partial charge >= 0.3 is 0 Å². The van der Waals surface area contributed by atoms with Gasteiger partial charge in [0.2, 0.25) is 5.91 Å². The van der Waals surface area contributed by atoms with Crippen molar-refractivity contribution < 1.29 is 14.3 Å². The Hall–Kier alpha value is -2.28. The lowest BCUT2D eigenvalue weighted by molar-refractivity contribution is -0.140. The smallest absolute Gasteiger partial charge is 0.225 e. The average molecular weight is 443 g/mol. The van der Waals surface area contributed by atoms with Crippen LogP contribution in [0.4, 0.5) is 0 Å². The molecule has 1 aromatic carbocycles. The zero-order valence-corrected chi connectivity index (χ0v) is 19.6. The molecule has 0 atom stereocenters. The molecule has 1 aromatic rings. The van der Waals surface area contributed by atoms with Crippen LogP contribution in [0.3, 0.4) is 0 Å². The zero-order valence-electron chi connectivity index (χ0n) is 19.6. The highest BCUT2D eigenvalue weighted by atomic mass is 16.5. The first-order valence-corrected chi connectivity index (χ1v) is 12.1. The molecule has 1 amide bonds. The SMILES string of the molecule is CN=C(NCC1(c2cccc(OC)c2)CCCC1)N1CCC(C(=O)N2CCOCC2)CC1. The van der Waals surface area contributed by atoms with Crippen molar-refractivity contribution in [1.82, 2.24) is 15.1 Å². The summed E-state index contributed by atoms with van der Waals surface area (Å²) in [4.78, 5) is 21.7. The van der Waals surface area contributed by atoms with E-state index in [-0.39, 0.29) is 11.3 Å². The number of methoxy groups -OCH3 is 1. The Morgan fingerprint density at radius 1 is 1.16 bits per heavy atom. The van der Waals surface area contributed by atoms with Crippen molar-refractivity contribution in [3.05, 3.63) is 29.8 Å². The number of aliphatic imine (C=N–C) groups is 1. The Morgan fingerprint density at radius 2 is 1.88 bits per heavy atom. The molecule has 0 unspecified atom stereocenters. The standard InChI is InChI=1S/C25H38N4O3/c1-26-24(29-12-8-20(9-13-29)23(30)28-14-16-32-17-15-28)27-19-25(10-3-4-11-25)21-6-5-7-22(18-21)31-2/h5-7,18,20H,3-4,8-17,19H2,1-2H3,(H,26,27). The minimum Gasteiger partial charge on any atom is -0.497 e. The van der Waals surface area contributed by atoms with Gasteiger partial charge in [0.25, 0.3) is 0 Å². The number of nitrogens with one attached hydrogen (secondary N) is 1. The number of morpholine rings is 1. The molecule has 2 saturated heterocycles. The Kier molecular flexibility index (Phi) is 7.55. The second-order valence-electron chi connectivity index (χ2n) is 9.32. The summed E-state index contributed by atoms with van der Waals surface area (Å²) in [6, 6.07) is 8.54. The van der Waals surface area contributed by atoms with E-state index in [4.69, 9.17) is 9.47 Å². The molecule has 4 rings (SSSR count). The minimum atomic E-state index is 0.120. The molecule has 7 heteroatoms. The molecule has 0 aromatic heterocycles. The first-order chi connectivity index (χ1) is 15.6. The lowest BCUT2D eigenvalue weighted by Crippen LogP contribution is -2.51. The number of hydrogen-bond acceptors (Lipinski definition) is 4. The molecule has 1 N–H and O–H groups in total. The highest BCUT2D eigenvalue weighted by Crippen LogP contribution is 2.41. The predicted octanol–water partition coefficient (Wildman–Crippen LogP) is 2.65. The summed E-state index contributed by atoms with van der Waals surface area (Å²) in [5.41, 5.74) is 1.47. The van der Waals surface area contributed by atoms with Crippen LogP contribution in [0.2, 0.25) is 0 Å².